The smallest absolute Gasteiger partial charge is 0.0648 e. The number of hydrogen-bond acceptors (Lipinski definition) is 3. The van der Waals surface area contributed by atoms with Crippen molar-refractivity contribution < 1.29 is 0 Å². The van der Waals surface area contributed by atoms with Gasteiger partial charge in [0.15, 0.2) is 0 Å². The molecule has 0 bridgehead atoms. The molecule has 2 aromatic rings. The van der Waals surface area contributed by atoms with E-state index in [-0.39, 0.29) is 6.04 Å². The summed E-state index contributed by atoms with van der Waals surface area (Å²) in [4.78, 5) is 0. The summed E-state index contributed by atoms with van der Waals surface area (Å²) >= 11 is 0. The van der Waals surface area contributed by atoms with Crippen LogP contribution in [-0.2, 0) is 6.42 Å². The fourth-order valence-electron chi connectivity index (χ4n) is 3.48. The van der Waals surface area contributed by atoms with Gasteiger partial charge >= 0.3 is 0 Å². The summed E-state index contributed by atoms with van der Waals surface area (Å²) < 4.78 is 0. The molecule has 21 heavy (non-hydrogen) atoms. The minimum atomic E-state index is 0.0374. The van der Waals surface area contributed by atoms with Crippen molar-refractivity contribution in [2.45, 2.75) is 51.5 Å². The van der Waals surface area contributed by atoms with E-state index in [4.69, 9.17) is 5.73 Å². The Labute approximate surface area is 126 Å². The summed E-state index contributed by atoms with van der Waals surface area (Å²) in [6, 6.07) is 10.9. The Balaban J connectivity index is 1.82. The topological polar surface area (TPSA) is 51.8 Å². The minimum absolute atomic E-state index is 0.0374. The Morgan fingerprint density at radius 3 is 2.90 bits per heavy atom. The SMILES string of the molecule is Cc1cc(C(N)CC2CCCc3ccccc32)c(C)nn1. The zero-order valence-corrected chi connectivity index (χ0v) is 12.8. The zero-order chi connectivity index (χ0) is 14.8. The van der Waals surface area contributed by atoms with Crippen LogP contribution in [0.1, 0.15) is 59.3 Å². The van der Waals surface area contributed by atoms with E-state index in [1.807, 2.05) is 13.8 Å². The van der Waals surface area contributed by atoms with Gasteiger partial charge in [0.2, 0.25) is 0 Å². The van der Waals surface area contributed by atoms with E-state index in [2.05, 4.69) is 40.5 Å². The average Bonchev–Trinajstić information content (AvgIpc) is 2.50. The van der Waals surface area contributed by atoms with Crippen molar-refractivity contribution in [3.8, 4) is 0 Å². The van der Waals surface area contributed by atoms with Crippen molar-refractivity contribution in [2.75, 3.05) is 0 Å². The molecule has 0 spiro atoms. The number of aromatic nitrogens is 2. The predicted octanol–water partition coefficient (Wildman–Crippen LogP) is 3.60. The Bertz CT molecular complexity index is 636. The zero-order valence-electron chi connectivity index (χ0n) is 12.8. The number of benzene rings is 1. The molecule has 1 aliphatic rings. The molecular weight excluding hydrogens is 258 g/mol. The molecule has 1 heterocycles. The first-order chi connectivity index (χ1) is 10.1. The molecule has 2 unspecified atom stereocenters. The molecule has 0 saturated heterocycles. The van der Waals surface area contributed by atoms with Crippen LogP contribution in [0.15, 0.2) is 30.3 Å². The van der Waals surface area contributed by atoms with Gasteiger partial charge in [0, 0.05) is 6.04 Å². The Morgan fingerprint density at radius 1 is 1.24 bits per heavy atom. The van der Waals surface area contributed by atoms with Crippen LogP contribution in [0.25, 0.3) is 0 Å². The van der Waals surface area contributed by atoms with Gasteiger partial charge in [-0.15, -0.1) is 0 Å². The molecule has 3 rings (SSSR count). The monoisotopic (exact) mass is 281 g/mol. The molecular formula is C18H23N3. The van der Waals surface area contributed by atoms with Crippen LogP contribution in [0.2, 0.25) is 0 Å². The lowest BCUT2D eigenvalue weighted by Crippen LogP contribution is -2.19. The van der Waals surface area contributed by atoms with Gasteiger partial charge in [0.05, 0.1) is 11.4 Å². The van der Waals surface area contributed by atoms with Crippen molar-refractivity contribution in [1.29, 1.82) is 0 Å². The molecule has 2 N–H and O–H groups in total. The molecule has 1 aromatic heterocycles. The quantitative estimate of drug-likeness (QED) is 0.935. The second kappa shape index (κ2) is 5.94. The van der Waals surface area contributed by atoms with Gasteiger partial charge < -0.3 is 5.73 Å². The molecule has 0 radical (unpaired) electrons. The first-order valence-corrected chi connectivity index (χ1v) is 7.79. The maximum absolute atomic E-state index is 6.48. The Kier molecular flexibility index (Phi) is 4.02. The number of rotatable bonds is 3. The molecule has 3 heteroatoms. The maximum Gasteiger partial charge on any atom is 0.0648 e. The van der Waals surface area contributed by atoms with Crippen LogP contribution in [0, 0.1) is 13.8 Å². The van der Waals surface area contributed by atoms with Crippen LogP contribution in [0.5, 0.6) is 0 Å². The third-order valence-electron chi connectivity index (χ3n) is 4.57. The van der Waals surface area contributed by atoms with Gasteiger partial charge in [0.25, 0.3) is 0 Å². The lowest BCUT2D eigenvalue weighted by atomic mass is 9.79. The first-order valence-electron chi connectivity index (χ1n) is 7.79. The highest BCUT2D eigenvalue weighted by Gasteiger charge is 2.23. The molecule has 0 aliphatic heterocycles. The summed E-state index contributed by atoms with van der Waals surface area (Å²) in [6.45, 7) is 3.97. The number of nitrogens with two attached hydrogens (primary N) is 1. The second-order valence-corrected chi connectivity index (χ2v) is 6.16. The van der Waals surface area contributed by atoms with Crippen molar-refractivity contribution >= 4 is 0 Å². The third kappa shape index (κ3) is 2.98. The molecule has 0 saturated carbocycles. The molecule has 0 fully saturated rings. The minimum Gasteiger partial charge on any atom is -0.324 e. The number of fused-ring (bicyclic) bond motifs is 1. The van der Waals surface area contributed by atoms with Crippen LogP contribution >= 0.6 is 0 Å². The fraction of sp³-hybridized carbons (Fsp3) is 0.444. The molecule has 0 amide bonds. The van der Waals surface area contributed by atoms with Crippen molar-refractivity contribution in [1.82, 2.24) is 10.2 Å². The van der Waals surface area contributed by atoms with Crippen LogP contribution in [0.4, 0.5) is 0 Å². The van der Waals surface area contributed by atoms with Crippen LogP contribution in [-0.4, -0.2) is 10.2 Å². The summed E-state index contributed by atoms with van der Waals surface area (Å²) in [5.74, 6) is 0.567. The standard InChI is InChI=1S/C18H23N3/c1-12-10-17(13(2)21-20-12)18(19)11-15-8-5-7-14-6-3-4-9-16(14)15/h3-4,6,9-10,15,18H,5,7-8,11,19H2,1-2H3. The van der Waals surface area contributed by atoms with Gasteiger partial charge in [-0.05, 0) is 68.2 Å². The molecule has 1 aliphatic carbocycles. The van der Waals surface area contributed by atoms with Crippen molar-refractivity contribution in [3.63, 3.8) is 0 Å². The van der Waals surface area contributed by atoms with Crippen molar-refractivity contribution in [3.05, 3.63) is 58.4 Å². The van der Waals surface area contributed by atoms with Gasteiger partial charge in [-0.25, -0.2) is 0 Å². The largest absolute Gasteiger partial charge is 0.324 e. The van der Waals surface area contributed by atoms with E-state index in [0.29, 0.717) is 5.92 Å². The van der Waals surface area contributed by atoms with Crippen molar-refractivity contribution in [2.24, 2.45) is 5.73 Å². The Morgan fingerprint density at radius 2 is 2.05 bits per heavy atom. The highest BCUT2D eigenvalue weighted by Crippen LogP contribution is 2.37. The lowest BCUT2D eigenvalue weighted by molar-refractivity contribution is 0.474. The second-order valence-electron chi connectivity index (χ2n) is 6.16. The highest BCUT2D eigenvalue weighted by atomic mass is 15.1. The van der Waals surface area contributed by atoms with E-state index in [1.165, 1.54) is 30.4 Å². The van der Waals surface area contributed by atoms with Crippen LogP contribution in [0.3, 0.4) is 0 Å². The Hall–Kier alpha value is -1.74. The lowest BCUT2D eigenvalue weighted by Gasteiger charge is -2.28. The van der Waals surface area contributed by atoms with E-state index < -0.39 is 0 Å². The maximum atomic E-state index is 6.48. The summed E-state index contributed by atoms with van der Waals surface area (Å²) in [6.07, 6.45) is 4.70. The van der Waals surface area contributed by atoms with Gasteiger partial charge in [0.1, 0.15) is 0 Å². The average molecular weight is 281 g/mol. The van der Waals surface area contributed by atoms with E-state index >= 15 is 0 Å². The predicted molar refractivity (Wildman–Crippen MR) is 85.2 cm³/mol. The summed E-state index contributed by atoms with van der Waals surface area (Å²) in [5.41, 5.74) is 12.5. The summed E-state index contributed by atoms with van der Waals surface area (Å²) in [5, 5.41) is 8.31. The molecule has 2 atom stereocenters. The fourth-order valence-corrected chi connectivity index (χ4v) is 3.48. The van der Waals surface area contributed by atoms with E-state index in [1.54, 1.807) is 0 Å². The third-order valence-corrected chi connectivity index (χ3v) is 4.57. The van der Waals surface area contributed by atoms with Crippen LogP contribution < -0.4 is 5.73 Å². The molecule has 110 valence electrons. The first kappa shape index (κ1) is 14.2. The number of aryl methyl sites for hydroxylation is 3. The molecule has 3 nitrogen and oxygen atoms in total. The van der Waals surface area contributed by atoms with E-state index in [9.17, 15) is 0 Å². The number of nitrogens with zero attached hydrogens (tertiary/aromatic N) is 2. The van der Waals surface area contributed by atoms with E-state index in [0.717, 1.165) is 23.4 Å². The normalized spacial score (nSPS) is 19.1. The molecule has 1 aromatic carbocycles. The van der Waals surface area contributed by atoms with Gasteiger partial charge in [-0.3, -0.25) is 0 Å². The summed E-state index contributed by atoms with van der Waals surface area (Å²) in [7, 11) is 0. The highest BCUT2D eigenvalue weighted by molar-refractivity contribution is 5.33. The number of hydrogen-bond donors (Lipinski definition) is 1. The van der Waals surface area contributed by atoms with Gasteiger partial charge in [-0.1, -0.05) is 24.3 Å². The van der Waals surface area contributed by atoms with Gasteiger partial charge in [-0.2, -0.15) is 10.2 Å².